The van der Waals surface area contributed by atoms with Crippen molar-refractivity contribution in [3.63, 3.8) is 0 Å². The Balaban J connectivity index is 0.000000211. The molecule has 2 aliphatic carbocycles. The van der Waals surface area contributed by atoms with Crippen molar-refractivity contribution in [3.05, 3.63) is 131 Å². The minimum atomic E-state index is -2.43. The molecule has 4 aromatic heterocycles. The Morgan fingerprint density at radius 1 is 0.912 bits per heavy atom. The molecule has 2 aliphatic rings. The van der Waals surface area contributed by atoms with E-state index < -0.39 is 45.5 Å². The zero-order valence-corrected chi connectivity index (χ0v) is 37.3. The van der Waals surface area contributed by atoms with E-state index in [2.05, 4.69) is 39.4 Å². The minimum Gasteiger partial charge on any atom is -0.486 e. The van der Waals surface area contributed by atoms with Gasteiger partial charge in [-0.2, -0.15) is 0 Å². The first-order valence-electron chi connectivity index (χ1n) is 24.4. The second-order valence-corrected chi connectivity index (χ2v) is 27.0. The first-order valence-corrected chi connectivity index (χ1v) is 26.7. The number of rotatable bonds is 8. The summed E-state index contributed by atoms with van der Waals surface area (Å²) in [6.07, 6.45) is 4.61. The van der Waals surface area contributed by atoms with Crippen molar-refractivity contribution in [2.24, 2.45) is 23.7 Å². The normalized spacial score (nSPS) is 21.1. The van der Waals surface area contributed by atoms with Crippen LogP contribution in [0.5, 0.6) is 0 Å². The Labute approximate surface area is 367 Å². The first-order chi connectivity index (χ1) is 30.9. The average Bonchev–Trinajstić information content (AvgIpc) is 4.01. The van der Waals surface area contributed by atoms with Gasteiger partial charge in [0.1, 0.15) is 0 Å². The third-order valence-electron chi connectivity index (χ3n) is 10.9. The summed E-state index contributed by atoms with van der Waals surface area (Å²) in [5, 5.41) is 1.08. The topological polar surface area (TPSA) is 51.8 Å². The van der Waals surface area contributed by atoms with Gasteiger partial charge >= 0.3 is 143 Å². The summed E-state index contributed by atoms with van der Waals surface area (Å²) < 4.78 is 104. The summed E-state index contributed by atoms with van der Waals surface area (Å²) in [4.78, 5) is 13.7. The van der Waals surface area contributed by atoms with Crippen LogP contribution in [0.15, 0.2) is 95.7 Å². The molecule has 3 atom stereocenters. The third kappa shape index (κ3) is 8.89. The number of aryl methyl sites for hydroxylation is 2. The molecule has 2 saturated carbocycles. The predicted molar refractivity (Wildman–Crippen MR) is 231 cm³/mol. The molecule has 3 aromatic carbocycles. The molecule has 0 spiro atoms. The fourth-order valence-corrected chi connectivity index (χ4v) is 11.2. The fraction of sp³-hybridized carbons (Fsp3) is 0.340. The third-order valence-corrected chi connectivity index (χ3v) is 15.1. The van der Waals surface area contributed by atoms with Crippen molar-refractivity contribution in [1.82, 2.24) is 15.0 Å². The number of aromatic nitrogens is 3. The molecule has 7 aromatic rings. The van der Waals surface area contributed by atoms with Crippen LogP contribution in [0, 0.1) is 55.3 Å². The van der Waals surface area contributed by atoms with E-state index in [1.165, 1.54) is 18.6 Å². The van der Waals surface area contributed by atoms with E-state index in [9.17, 15) is 4.39 Å². The van der Waals surface area contributed by atoms with Gasteiger partial charge in [0, 0.05) is 44.1 Å². The van der Waals surface area contributed by atoms with Crippen LogP contribution in [-0.4, -0.2) is 28.2 Å². The zero-order valence-electron chi connectivity index (χ0n) is 42.8. The molecule has 0 N–H and O–H groups in total. The summed E-state index contributed by atoms with van der Waals surface area (Å²) >= 11 is -2.43. The van der Waals surface area contributed by atoms with E-state index in [0.29, 0.717) is 56.3 Å². The van der Waals surface area contributed by atoms with Crippen LogP contribution >= 0.6 is 0 Å². The summed E-state index contributed by atoms with van der Waals surface area (Å²) in [7, 11) is 0. The number of pyridine rings is 3. The Hall–Kier alpha value is -3.97. The molecule has 0 aliphatic heterocycles. The summed E-state index contributed by atoms with van der Waals surface area (Å²) in [6.45, 7) is -1.15. The molecule has 2 fully saturated rings. The van der Waals surface area contributed by atoms with Gasteiger partial charge in [-0.15, -0.1) is 17.7 Å². The van der Waals surface area contributed by atoms with Gasteiger partial charge in [-0.1, -0.05) is 66.2 Å². The van der Waals surface area contributed by atoms with Crippen LogP contribution < -0.4 is 4.40 Å². The van der Waals surface area contributed by atoms with Gasteiger partial charge in [0.15, 0.2) is 0 Å². The number of hydrogen-bond acceptors (Lipinski definition) is 4. The van der Waals surface area contributed by atoms with Crippen LogP contribution in [0.4, 0.5) is 4.39 Å². The molecule has 9 rings (SSSR count). The molecule has 0 saturated heterocycles. The molecule has 1 radical (unpaired) electrons. The SMILES string of the molecule is [2H]C([2H])([2H])c1c[c-]c(-c2cc(C([2H])([2H])C(C)C)[c]([Ge]([CH3])([CH3])[CH3])cn2)c(F)c1.[2H]C([2H])([2H])c1c[c-]c(-c2cc(C([2H])([2H])C3CC4CCC3C4)ccn2)c2oc3nc(-c4ccccc4)ccc3c12.[Ir]. The second-order valence-electron chi connectivity index (χ2n) is 16.4. The quantitative estimate of drug-likeness (QED) is 0.112. The van der Waals surface area contributed by atoms with Crippen molar-refractivity contribution >= 4 is 39.7 Å². The molecule has 0 amide bonds. The standard InChI is InChI=1S/C31H27N2O.C19H25FGeN.Ir/c1-19-7-10-25(28-18-21(13-14-32-28)17-24-16-20-8-9-23(24)15-20)30-29(19)26-11-12-27(33-31(26)34-30)22-5-3-2-4-6-22;1-13(2)9-15-11-19(22-12-18(15)21(4,5)6)16-8-7-14(3)10-17(16)20;/h2-7,11-14,18,20,23-24H,8-9,15-17H2,1H3;7,10-13H,9H2,1-6H3;/q2*-1;/i1D3,17D2;3D3,9D2;. The molecule has 57 heavy (non-hydrogen) atoms. The van der Waals surface area contributed by atoms with Gasteiger partial charge in [-0.05, 0) is 67.3 Å². The molecule has 295 valence electrons. The maximum absolute atomic E-state index is 14.6. The fourth-order valence-electron chi connectivity index (χ4n) is 8.24. The summed E-state index contributed by atoms with van der Waals surface area (Å²) in [6, 6.07) is 28.1. The zero-order chi connectivity index (χ0) is 47.7. The summed E-state index contributed by atoms with van der Waals surface area (Å²) in [5.41, 5.74) is 4.82. The largest absolute Gasteiger partial charge is 0.486 e. The van der Waals surface area contributed by atoms with Gasteiger partial charge in [0.25, 0.3) is 0 Å². The number of fused-ring (bicyclic) bond motifs is 5. The van der Waals surface area contributed by atoms with Crippen molar-refractivity contribution in [3.8, 4) is 33.8 Å². The van der Waals surface area contributed by atoms with Gasteiger partial charge < -0.3 is 9.40 Å². The Morgan fingerprint density at radius 3 is 2.42 bits per heavy atom. The van der Waals surface area contributed by atoms with Crippen LogP contribution in [-0.2, 0) is 32.9 Å². The molecule has 7 heteroatoms. The van der Waals surface area contributed by atoms with Crippen LogP contribution in [0.3, 0.4) is 0 Å². The minimum absolute atomic E-state index is 0. The molecule has 2 bridgehead atoms. The first kappa shape index (κ1) is 30.1. The van der Waals surface area contributed by atoms with E-state index in [4.69, 9.17) is 23.1 Å². The van der Waals surface area contributed by atoms with Crippen LogP contribution in [0.1, 0.15) is 75.5 Å². The second kappa shape index (κ2) is 17.1. The molecule has 4 nitrogen and oxygen atoms in total. The van der Waals surface area contributed by atoms with Gasteiger partial charge in [0.05, 0.1) is 11.3 Å². The van der Waals surface area contributed by atoms with Crippen molar-refractivity contribution in [1.29, 1.82) is 0 Å². The van der Waals surface area contributed by atoms with E-state index in [-0.39, 0.29) is 54.3 Å². The van der Waals surface area contributed by atoms with Crippen molar-refractivity contribution in [2.45, 2.75) is 83.2 Å². The van der Waals surface area contributed by atoms with Gasteiger partial charge in [-0.25, -0.2) is 4.98 Å². The number of furan rings is 1. The Kier molecular flexibility index (Phi) is 9.04. The van der Waals surface area contributed by atoms with E-state index >= 15 is 0 Å². The Bertz CT molecular complexity index is 2930. The average molecular weight is 1000 g/mol. The molecule has 3 unspecified atom stereocenters. The Morgan fingerprint density at radius 2 is 1.72 bits per heavy atom. The molecular weight excluding hydrogens is 942 g/mol. The predicted octanol–water partition coefficient (Wildman–Crippen LogP) is 12.5. The number of nitrogens with zero attached hydrogens (tertiary/aromatic N) is 3. The molecule has 4 heterocycles. The van der Waals surface area contributed by atoms with E-state index in [1.54, 1.807) is 30.6 Å². The van der Waals surface area contributed by atoms with Crippen molar-refractivity contribution in [2.75, 3.05) is 0 Å². The number of hydrogen-bond donors (Lipinski definition) is 0. The van der Waals surface area contributed by atoms with Crippen LogP contribution in [0.2, 0.25) is 17.3 Å². The van der Waals surface area contributed by atoms with Crippen molar-refractivity contribution < 1.29 is 42.6 Å². The van der Waals surface area contributed by atoms with E-state index in [1.807, 2.05) is 56.3 Å². The maximum Gasteiger partial charge on any atom is 0.216 e. The van der Waals surface area contributed by atoms with E-state index in [0.717, 1.165) is 41.0 Å². The van der Waals surface area contributed by atoms with Crippen LogP contribution in [0.25, 0.3) is 55.8 Å². The number of halogens is 1. The number of benzene rings is 3. The summed E-state index contributed by atoms with van der Waals surface area (Å²) in [5.74, 6) is 6.57. The monoisotopic (exact) mass is 1010 g/mol. The van der Waals surface area contributed by atoms with Gasteiger partial charge in [0.2, 0.25) is 5.71 Å². The smallest absolute Gasteiger partial charge is 0.216 e. The molecular formula is C50H52FGeIrN3O-2. The maximum atomic E-state index is 14.6. The van der Waals surface area contributed by atoms with Gasteiger partial charge in [-0.3, -0.25) is 0 Å².